The van der Waals surface area contributed by atoms with Crippen LogP contribution in [-0.2, 0) is 0 Å². The molecule has 14 heavy (non-hydrogen) atoms. The van der Waals surface area contributed by atoms with Crippen molar-refractivity contribution in [2.45, 2.75) is 26.8 Å². The quantitative estimate of drug-likeness (QED) is 0.819. The number of nitrogens with two attached hydrogens (primary N) is 1. The minimum Gasteiger partial charge on any atom is -0.323 e. The molecular weight excluding hydrogens is 261 g/mol. The van der Waals surface area contributed by atoms with E-state index in [0.29, 0.717) is 0 Å². The van der Waals surface area contributed by atoms with Crippen LogP contribution < -0.4 is 5.73 Å². The van der Waals surface area contributed by atoms with Crippen molar-refractivity contribution in [2.75, 3.05) is 0 Å². The highest BCUT2D eigenvalue weighted by molar-refractivity contribution is 9.10. The van der Waals surface area contributed by atoms with Crippen molar-refractivity contribution >= 4 is 27.5 Å². The fourth-order valence-electron chi connectivity index (χ4n) is 1.22. The zero-order valence-electron chi connectivity index (χ0n) is 8.64. The molecule has 0 unspecified atom stereocenters. The van der Waals surface area contributed by atoms with Gasteiger partial charge in [0.2, 0.25) is 0 Å². The van der Waals surface area contributed by atoms with Crippen LogP contribution in [0.1, 0.15) is 32.4 Å². The van der Waals surface area contributed by atoms with E-state index in [2.05, 4.69) is 36.7 Å². The Labute approximate surface area is 98.8 Å². The first-order chi connectivity index (χ1) is 6.32. The molecule has 1 atom stereocenters. The third kappa shape index (κ3) is 2.72. The topological polar surface area (TPSA) is 26.0 Å². The Morgan fingerprint density at radius 1 is 1.36 bits per heavy atom. The molecule has 0 spiro atoms. The van der Waals surface area contributed by atoms with Crippen LogP contribution in [-0.4, -0.2) is 0 Å². The summed E-state index contributed by atoms with van der Waals surface area (Å²) in [4.78, 5) is 0. The fourth-order valence-corrected chi connectivity index (χ4v) is 2.01. The van der Waals surface area contributed by atoms with E-state index >= 15 is 0 Å². The second-order valence-corrected chi connectivity index (χ2v) is 5.83. The lowest BCUT2D eigenvalue weighted by Gasteiger charge is -2.28. The van der Waals surface area contributed by atoms with Crippen LogP contribution in [0.5, 0.6) is 0 Å². The van der Waals surface area contributed by atoms with Gasteiger partial charge < -0.3 is 5.73 Å². The molecule has 0 heterocycles. The van der Waals surface area contributed by atoms with Crippen molar-refractivity contribution in [3.63, 3.8) is 0 Å². The van der Waals surface area contributed by atoms with Gasteiger partial charge in [0.05, 0.1) is 0 Å². The lowest BCUT2D eigenvalue weighted by molar-refractivity contribution is 0.327. The van der Waals surface area contributed by atoms with Gasteiger partial charge >= 0.3 is 0 Å². The van der Waals surface area contributed by atoms with E-state index in [-0.39, 0.29) is 11.5 Å². The summed E-state index contributed by atoms with van der Waals surface area (Å²) < 4.78 is 0.979. The van der Waals surface area contributed by atoms with Crippen molar-refractivity contribution in [1.29, 1.82) is 0 Å². The number of benzene rings is 1. The highest BCUT2D eigenvalue weighted by Crippen LogP contribution is 2.35. The van der Waals surface area contributed by atoms with E-state index in [0.717, 1.165) is 15.1 Å². The molecule has 0 saturated heterocycles. The molecule has 78 valence electrons. The summed E-state index contributed by atoms with van der Waals surface area (Å²) in [5.41, 5.74) is 7.15. The maximum atomic E-state index is 6.12. The van der Waals surface area contributed by atoms with E-state index in [1.165, 1.54) is 0 Å². The SMILES string of the molecule is CC(C)(C)[C@@H](N)c1ccc(Br)cc1Cl. The van der Waals surface area contributed by atoms with Gasteiger partial charge in [-0.05, 0) is 23.1 Å². The summed E-state index contributed by atoms with van der Waals surface area (Å²) in [6.07, 6.45) is 0. The zero-order valence-corrected chi connectivity index (χ0v) is 11.0. The van der Waals surface area contributed by atoms with Gasteiger partial charge in [-0.2, -0.15) is 0 Å². The molecule has 1 rings (SSSR count). The molecule has 0 bridgehead atoms. The third-order valence-electron chi connectivity index (χ3n) is 2.23. The molecule has 0 aliphatic rings. The average molecular weight is 277 g/mol. The van der Waals surface area contributed by atoms with Crippen LogP contribution in [0.15, 0.2) is 22.7 Å². The van der Waals surface area contributed by atoms with Crippen LogP contribution in [0.2, 0.25) is 5.02 Å². The lowest BCUT2D eigenvalue weighted by Crippen LogP contribution is -2.26. The standard InChI is InChI=1S/C11H15BrClN/c1-11(2,3)10(14)8-5-4-7(12)6-9(8)13/h4-6,10H,14H2,1-3H3/t10-/m0/s1. The van der Waals surface area contributed by atoms with Crippen molar-refractivity contribution < 1.29 is 0 Å². The van der Waals surface area contributed by atoms with Gasteiger partial charge in [0, 0.05) is 15.5 Å². The molecule has 0 amide bonds. The lowest BCUT2D eigenvalue weighted by atomic mass is 9.83. The van der Waals surface area contributed by atoms with Crippen LogP contribution in [0, 0.1) is 5.41 Å². The van der Waals surface area contributed by atoms with Gasteiger partial charge in [-0.15, -0.1) is 0 Å². The second kappa shape index (κ2) is 4.21. The molecule has 3 heteroatoms. The van der Waals surface area contributed by atoms with E-state index in [1.54, 1.807) is 0 Å². The summed E-state index contributed by atoms with van der Waals surface area (Å²) in [7, 11) is 0. The smallest absolute Gasteiger partial charge is 0.0465 e. The molecule has 0 aliphatic carbocycles. The Morgan fingerprint density at radius 2 is 1.93 bits per heavy atom. The van der Waals surface area contributed by atoms with Crippen molar-refractivity contribution in [3.05, 3.63) is 33.3 Å². The maximum Gasteiger partial charge on any atom is 0.0465 e. The van der Waals surface area contributed by atoms with E-state index in [4.69, 9.17) is 17.3 Å². The Balaban J connectivity index is 3.08. The summed E-state index contributed by atoms with van der Waals surface area (Å²) in [5.74, 6) is 0. The number of hydrogen-bond donors (Lipinski definition) is 1. The van der Waals surface area contributed by atoms with Crippen LogP contribution in [0.4, 0.5) is 0 Å². The molecule has 0 aromatic heterocycles. The molecule has 0 radical (unpaired) electrons. The summed E-state index contributed by atoms with van der Waals surface area (Å²) in [5, 5.41) is 0.724. The first-order valence-corrected chi connectivity index (χ1v) is 5.70. The molecule has 1 aromatic rings. The predicted octanol–water partition coefficient (Wildman–Crippen LogP) is 4.15. The summed E-state index contributed by atoms with van der Waals surface area (Å²) in [6, 6.07) is 5.78. The highest BCUT2D eigenvalue weighted by atomic mass is 79.9. The van der Waals surface area contributed by atoms with Crippen LogP contribution in [0.25, 0.3) is 0 Å². The van der Waals surface area contributed by atoms with Crippen molar-refractivity contribution in [2.24, 2.45) is 11.1 Å². The zero-order chi connectivity index (χ0) is 10.9. The van der Waals surface area contributed by atoms with Gasteiger partial charge in [0.15, 0.2) is 0 Å². The normalized spacial score (nSPS) is 14.1. The molecule has 0 aliphatic heterocycles. The average Bonchev–Trinajstić information content (AvgIpc) is 2.01. The molecule has 1 aromatic carbocycles. The Morgan fingerprint density at radius 3 is 2.36 bits per heavy atom. The van der Waals surface area contributed by atoms with Gasteiger partial charge in [-0.3, -0.25) is 0 Å². The largest absolute Gasteiger partial charge is 0.323 e. The third-order valence-corrected chi connectivity index (χ3v) is 3.05. The van der Waals surface area contributed by atoms with E-state index < -0.39 is 0 Å². The Bertz CT molecular complexity index is 331. The van der Waals surface area contributed by atoms with Gasteiger partial charge in [0.25, 0.3) is 0 Å². The monoisotopic (exact) mass is 275 g/mol. The fraction of sp³-hybridized carbons (Fsp3) is 0.455. The minimum atomic E-state index is -0.0388. The van der Waals surface area contributed by atoms with E-state index in [9.17, 15) is 0 Å². The number of hydrogen-bond acceptors (Lipinski definition) is 1. The molecule has 1 nitrogen and oxygen atoms in total. The minimum absolute atomic E-state index is 0.0253. The predicted molar refractivity (Wildman–Crippen MR) is 65.5 cm³/mol. The molecule has 0 fully saturated rings. The maximum absolute atomic E-state index is 6.12. The van der Waals surface area contributed by atoms with Crippen LogP contribution in [0.3, 0.4) is 0 Å². The summed E-state index contributed by atoms with van der Waals surface area (Å²) in [6.45, 7) is 6.32. The van der Waals surface area contributed by atoms with Gasteiger partial charge in [-0.25, -0.2) is 0 Å². The van der Waals surface area contributed by atoms with Crippen LogP contribution >= 0.6 is 27.5 Å². The van der Waals surface area contributed by atoms with Gasteiger partial charge in [0.1, 0.15) is 0 Å². The Kier molecular flexibility index (Phi) is 3.62. The first-order valence-electron chi connectivity index (χ1n) is 4.53. The number of halogens is 2. The Hall–Kier alpha value is -0.0500. The number of rotatable bonds is 1. The molecule has 0 saturated carbocycles. The molecule has 2 N–H and O–H groups in total. The summed E-state index contributed by atoms with van der Waals surface area (Å²) >= 11 is 9.49. The van der Waals surface area contributed by atoms with Gasteiger partial charge in [-0.1, -0.05) is 54.4 Å². The van der Waals surface area contributed by atoms with Crippen molar-refractivity contribution in [3.8, 4) is 0 Å². The first kappa shape index (κ1) is 12.0. The molecular formula is C11H15BrClN. The van der Waals surface area contributed by atoms with E-state index in [1.807, 2.05) is 18.2 Å². The highest BCUT2D eigenvalue weighted by Gasteiger charge is 2.23. The second-order valence-electron chi connectivity index (χ2n) is 4.51. The van der Waals surface area contributed by atoms with Crippen molar-refractivity contribution in [1.82, 2.24) is 0 Å².